The number of piperidine rings is 1. The Labute approximate surface area is 195 Å². The van der Waals surface area contributed by atoms with Gasteiger partial charge in [0.05, 0.1) is 11.1 Å². The van der Waals surface area contributed by atoms with Crippen LogP contribution < -0.4 is 0 Å². The first-order valence-corrected chi connectivity index (χ1v) is 11.8. The highest BCUT2D eigenvalue weighted by Crippen LogP contribution is 2.39. The van der Waals surface area contributed by atoms with Crippen LogP contribution in [0.2, 0.25) is 0 Å². The third-order valence-corrected chi connectivity index (χ3v) is 7.04. The Morgan fingerprint density at radius 3 is 2.33 bits per heavy atom. The van der Waals surface area contributed by atoms with Crippen LogP contribution in [0.5, 0.6) is 0 Å². The number of carboxylic acids is 1. The number of benzene rings is 2. The van der Waals surface area contributed by atoms with Crippen molar-refractivity contribution in [2.45, 2.75) is 58.8 Å². The molecule has 1 aliphatic rings. The summed E-state index contributed by atoms with van der Waals surface area (Å²) in [5.41, 5.74) is 6.74. The van der Waals surface area contributed by atoms with E-state index in [9.17, 15) is 14.7 Å². The fourth-order valence-electron chi connectivity index (χ4n) is 5.05. The minimum absolute atomic E-state index is 0.214. The highest BCUT2D eigenvalue weighted by Gasteiger charge is 2.31. The second-order valence-electron chi connectivity index (χ2n) is 10.2. The van der Waals surface area contributed by atoms with Crippen LogP contribution in [0.15, 0.2) is 36.4 Å². The molecule has 2 heterocycles. The summed E-state index contributed by atoms with van der Waals surface area (Å²) in [5, 5.41) is 10.9. The molecule has 0 amide bonds. The van der Waals surface area contributed by atoms with E-state index < -0.39 is 11.4 Å². The van der Waals surface area contributed by atoms with Crippen LogP contribution in [-0.4, -0.2) is 46.4 Å². The zero-order valence-corrected chi connectivity index (χ0v) is 20.3. The molecule has 1 aliphatic heterocycles. The van der Waals surface area contributed by atoms with Crippen LogP contribution in [0.4, 0.5) is 0 Å². The summed E-state index contributed by atoms with van der Waals surface area (Å²) >= 11 is 0. The molecule has 1 atom stereocenters. The van der Waals surface area contributed by atoms with Gasteiger partial charge in [-0.2, -0.15) is 0 Å². The summed E-state index contributed by atoms with van der Waals surface area (Å²) in [6, 6.07) is 12.6. The Hall–Kier alpha value is -2.92. The average molecular weight is 447 g/mol. The molecule has 0 unspecified atom stereocenters. The molecular weight excluding hydrogens is 412 g/mol. The second-order valence-corrected chi connectivity index (χ2v) is 10.2. The van der Waals surface area contributed by atoms with E-state index in [1.165, 1.54) is 16.7 Å². The molecule has 5 heteroatoms. The van der Waals surface area contributed by atoms with Crippen molar-refractivity contribution in [3.8, 4) is 11.3 Å². The molecule has 2 aromatic carbocycles. The highest BCUT2D eigenvalue weighted by atomic mass is 16.4. The second kappa shape index (κ2) is 8.79. The molecule has 0 radical (unpaired) electrons. The standard InChI is InChI=1S/C28H34N2O3/c1-17-12-18(2)14-20(13-17)26-25(19(3)16-30-10-8-22(31)9-11-30)23-15-21(6-7-24(23)29-26)28(4,5)27(32)33/h6-7,12-15,19,29H,8-11,16H2,1-5H3,(H,32,33)/t19-/m1/s1. The fraction of sp³-hybridized carbons (Fsp3) is 0.429. The summed E-state index contributed by atoms with van der Waals surface area (Å²) in [4.78, 5) is 29.7. The first-order chi connectivity index (χ1) is 15.6. The molecule has 1 saturated heterocycles. The van der Waals surface area contributed by atoms with Crippen LogP contribution in [0, 0.1) is 13.8 Å². The van der Waals surface area contributed by atoms with Gasteiger partial charge < -0.3 is 15.0 Å². The van der Waals surface area contributed by atoms with Crippen LogP contribution in [-0.2, 0) is 15.0 Å². The minimum atomic E-state index is -0.973. The summed E-state index contributed by atoms with van der Waals surface area (Å²) in [7, 11) is 0. The number of aliphatic carboxylic acids is 1. The van der Waals surface area contributed by atoms with Gasteiger partial charge in [0.15, 0.2) is 0 Å². The lowest BCUT2D eigenvalue weighted by Gasteiger charge is -2.29. The molecule has 1 fully saturated rings. The number of ketones is 1. The highest BCUT2D eigenvalue weighted by molar-refractivity contribution is 5.93. The summed E-state index contributed by atoms with van der Waals surface area (Å²) < 4.78 is 0. The monoisotopic (exact) mass is 446 g/mol. The van der Waals surface area contributed by atoms with E-state index >= 15 is 0 Å². The number of rotatable bonds is 6. The van der Waals surface area contributed by atoms with Crippen molar-refractivity contribution < 1.29 is 14.7 Å². The Morgan fingerprint density at radius 1 is 1.09 bits per heavy atom. The van der Waals surface area contributed by atoms with Crippen LogP contribution in [0.25, 0.3) is 22.2 Å². The number of H-pyrrole nitrogens is 1. The maximum Gasteiger partial charge on any atom is 0.313 e. The quantitative estimate of drug-likeness (QED) is 0.518. The number of aromatic nitrogens is 1. The van der Waals surface area contributed by atoms with Crippen molar-refractivity contribution in [2.24, 2.45) is 0 Å². The first kappa shape index (κ1) is 23.2. The van der Waals surface area contributed by atoms with Gasteiger partial charge in [0.1, 0.15) is 5.78 Å². The van der Waals surface area contributed by atoms with Gasteiger partial charge in [-0.3, -0.25) is 9.59 Å². The number of likely N-dealkylation sites (tertiary alicyclic amines) is 1. The zero-order chi connectivity index (χ0) is 23.9. The third kappa shape index (κ3) is 4.60. The maximum absolute atomic E-state index is 11.9. The molecule has 0 spiro atoms. The SMILES string of the molecule is Cc1cc(C)cc(-c2[nH]c3ccc(C(C)(C)C(=O)O)cc3c2[C@H](C)CN2CCC(=O)CC2)c1. The average Bonchev–Trinajstić information content (AvgIpc) is 3.13. The molecule has 5 nitrogen and oxygen atoms in total. The molecule has 0 saturated carbocycles. The number of carbonyl (C=O) groups excluding carboxylic acids is 1. The van der Waals surface area contributed by atoms with Crippen LogP contribution in [0.1, 0.15) is 61.8 Å². The summed E-state index contributed by atoms with van der Waals surface area (Å²) in [6.45, 7) is 12.4. The summed E-state index contributed by atoms with van der Waals surface area (Å²) in [5.74, 6) is -0.270. The lowest BCUT2D eigenvalue weighted by Crippen LogP contribution is -2.36. The van der Waals surface area contributed by atoms with Crippen LogP contribution in [0.3, 0.4) is 0 Å². The molecule has 0 bridgehead atoms. The number of nitrogens with one attached hydrogen (secondary N) is 1. The van der Waals surface area contributed by atoms with Gasteiger partial charge >= 0.3 is 5.97 Å². The Morgan fingerprint density at radius 2 is 1.73 bits per heavy atom. The number of carboxylic acid groups (broad SMARTS) is 1. The van der Waals surface area contributed by atoms with Crippen molar-refractivity contribution in [1.29, 1.82) is 0 Å². The van der Waals surface area contributed by atoms with E-state index in [0.29, 0.717) is 18.6 Å². The first-order valence-electron chi connectivity index (χ1n) is 11.8. The Bertz CT molecular complexity index is 1190. The third-order valence-electron chi connectivity index (χ3n) is 7.04. The van der Waals surface area contributed by atoms with Gasteiger partial charge in [-0.05, 0) is 74.6 Å². The number of hydrogen-bond acceptors (Lipinski definition) is 3. The van der Waals surface area contributed by atoms with E-state index in [1.54, 1.807) is 13.8 Å². The van der Waals surface area contributed by atoms with Gasteiger partial charge in [-0.1, -0.05) is 30.2 Å². The predicted octanol–water partition coefficient (Wildman–Crippen LogP) is 5.58. The molecule has 1 aromatic heterocycles. The number of Topliss-reactive ketones (excluding diaryl/α,β-unsaturated/α-hetero) is 1. The fourth-order valence-corrected chi connectivity index (χ4v) is 5.05. The van der Waals surface area contributed by atoms with Gasteiger partial charge in [0.2, 0.25) is 0 Å². The number of carbonyl (C=O) groups is 2. The van der Waals surface area contributed by atoms with E-state index in [-0.39, 0.29) is 5.92 Å². The molecule has 174 valence electrons. The number of nitrogens with zero attached hydrogens (tertiary/aromatic N) is 1. The lowest BCUT2D eigenvalue weighted by atomic mass is 9.83. The molecule has 0 aliphatic carbocycles. The van der Waals surface area contributed by atoms with Gasteiger partial charge in [-0.25, -0.2) is 0 Å². The van der Waals surface area contributed by atoms with Crippen molar-refractivity contribution >= 4 is 22.7 Å². The lowest BCUT2D eigenvalue weighted by molar-refractivity contribution is -0.142. The normalized spacial score (nSPS) is 16.3. The van der Waals surface area contributed by atoms with Crippen molar-refractivity contribution in [1.82, 2.24) is 9.88 Å². The number of fused-ring (bicyclic) bond motifs is 1. The molecule has 33 heavy (non-hydrogen) atoms. The topological polar surface area (TPSA) is 73.4 Å². The van der Waals surface area contributed by atoms with Gasteiger partial charge in [-0.15, -0.1) is 0 Å². The zero-order valence-electron chi connectivity index (χ0n) is 20.3. The van der Waals surface area contributed by atoms with E-state index in [1.807, 2.05) is 12.1 Å². The largest absolute Gasteiger partial charge is 0.481 e. The van der Waals surface area contributed by atoms with E-state index in [4.69, 9.17) is 0 Å². The molecule has 2 N–H and O–H groups in total. The van der Waals surface area contributed by atoms with Gasteiger partial charge in [0, 0.05) is 43.4 Å². The molecule has 3 aromatic rings. The van der Waals surface area contributed by atoms with Gasteiger partial charge in [0.25, 0.3) is 0 Å². The van der Waals surface area contributed by atoms with Crippen molar-refractivity contribution in [2.75, 3.05) is 19.6 Å². The van der Waals surface area contributed by atoms with Crippen molar-refractivity contribution in [3.05, 3.63) is 58.7 Å². The maximum atomic E-state index is 11.9. The molecule has 4 rings (SSSR count). The predicted molar refractivity (Wildman–Crippen MR) is 133 cm³/mol. The van der Waals surface area contributed by atoms with E-state index in [0.717, 1.165) is 47.4 Å². The van der Waals surface area contributed by atoms with E-state index in [2.05, 4.69) is 54.9 Å². The molecular formula is C28H34N2O3. The summed E-state index contributed by atoms with van der Waals surface area (Å²) in [6.07, 6.45) is 1.25. The number of hydrogen-bond donors (Lipinski definition) is 2. The smallest absolute Gasteiger partial charge is 0.313 e. The number of aromatic amines is 1. The minimum Gasteiger partial charge on any atom is -0.481 e. The van der Waals surface area contributed by atoms with Crippen LogP contribution >= 0.6 is 0 Å². The van der Waals surface area contributed by atoms with Crippen molar-refractivity contribution in [3.63, 3.8) is 0 Å². The Balaban J connectivity index is 1.85. The number of aryl methyl sites for hydroxylation is 2. The Kier molecular flexibility index (Phi) is 6.19.